The van der Waals surface area contributed by atoms with Crippen LogP contribution in [-0.4, -0.2) is 37.0 Å². The number of carbonyl (C=O) groups is 2. The summed E-state index contributed by atoms with van der Waals surface area (Å²) in [6, 6.07) is 13.5. The molecule has 0 radical (unpaired) electrons. The molecule has 0 aromatic heterocycles. The van der Waals surface area contributed by atoms with Gasteiger partial charge in [-0.05, 0) is 42.2 Å². The number of amides is 2. The quantitative estimate of drug-likeness (QED) is 0.692. The second kappa shape index (κ2) is 10.2. The maximum atomic E-state index is 12.4. The summed E-state index contributed by atoms with van der Waals surface area (Å²) in [5.74, 6) is 1.87. The van der Waals surface area contributed by atoms with Crippen LogP contribution in [0.3, 0.4) is 0 Å². The molecule has 1 aliphatic heterocycles. The van der Waals surface area contributed by atoms with Gasteiger partial charge in [0.05, 0.1) is 19.5 Å². The molecule has 1 unspecified atom stereocenters. The Kier molecular flexibility index (Phi) is 7.41. The van der Waals surface area contributed by atoms with Gasteiger partial charge in [0.15, 0.2) is 11.5 Å². The number of thioether (sulfide) groups is 1. The average molecular weight is 415 g/mol. The van der Waals surface area contributed by atoms with Gasteiger partial charge >= 0.3 is 0 Å². The lowest BCUT2D eigenvalue weighted by molar-refractivity contribution is -0.121. The predicted octanol–water partition coefficient (Wildman–Crippen LogP) is 3.40. The Bertz CT molecular complexity index is 872. The van der Waals surface area contributed by atoms with Gasteiger partial charge < -0.3 is 20.1 Å². The molecule has 2 N–H and O–H groups in total. The Labute approximate surface area is 175 Å². The highest BCUT2D eigenvalue weighted by Crippen LogP contribution is 2.28. The fourth-order valence-corrected chi connectivity index (χ4v) is 4.31. The third kappa shape index (κ3) is 5.67. The molecule has 6 nitrogen and oxygen atoms in total. The highest BCUT2D eigenvalue weighted by Gasteiger charge is 2.23. The summed E-state index contributed by atoms with van der Waals surface area (Å²) in [7, 11) is 3.17. The number of benzene rings is 2. The van der Waals surface area contributed by atoms with E-state index in [0.717, 1.165) is 29.7 Å². The third-order valence-corrected chi connectivity index (χ3v) is 6.12. The minimum Gasteiger partial charge on any atom is -0.493 e. The zero-order chi connectivity index (χ0) is 20.6. The Morgan fingerprint density at radius 3 is 2.76 bits per heavy atom. The highest BCUT2D eigenvalue weighted by atomic mass is 32.2. The number of ether oxygens (including phenoxy) is 2. The normalized spacial score (nSPS) is 15.7. The van der Waals surface area contributed by atoms with Crippen LogP contribution < -0.4 is 20.1 Å². The number of carbonyl (C=O) groups excluding carboxylic acids is 2. The van der Waals surface area contributed by atoms with Crippen molar-refractivity contribution in [1.29, 1.82) is 0 Å². The number of para-hydroxylation sites is 1. The summed E-state index contributed by atoms with van der Waals surface area (Å²) in [5.41, 5.74) is 2.99. The minimum absolute atomic E-state index is 0.0192. The maximum absolute atomic E-state index is 12.4. The lowest BCUT2D eigenvalue weighted by Gasteiger charge is -2.13. The van der Waals surface area contributed by atoms with Crippen molar-refractivity contribution in [2.75, 3.05) is 25.3 Å². The van der Waals surface area contributed by atoms with Crippen LogP contribution in [-0.2, 0) is 22.6 Å². The van der Waals surface area contributed by atoms with E-state index in [1.165, 1.54) is 0 Å². The van der Waals surface area contributed by atoms with E-state index in [-0.39, 0.29) is 17.1 Å². The Morgan fingerprint density at radius 2 is 1.97 bits per heavy atom. The van der Waals surface area contributed by atoms with Crippen molar-refractivity contribution < 1.29 is 19.1 Å². The number of anilines is 1. The number of rotatable bonds is 8. The third-order valence-electron chi connectivity index (χ3n) is 4.83. The van der Waals surface area contributed by atoms with Crippen LogP contribution in [0.5, 0.6) is 11.5 Å². The molecule has 29 heavy (non-hydrogen) atoms. The first-order chi connectivity index (χ1) is 14.1. The molecule has 1 atom stereocenters. The van der Waals surface area contributed by atoms with Crippen LogP contribution in [0.1, 0.15) is 24.0 Å². The largest absolute Gasteiger partial charge is 0.493 e. The molecule has 1 heterocycles. The van der Waals surface area contributed by atoms with E-state index < -0.39 is 0 Å². The number of nitrogens with one attached hydrogen (secondary N) is 2. The molecule has 2 aromatic carbocycles. The molecule has 7 heteroatoms. The van der Waals surface area contributed by atoms with Gasteiger partial charge in [-0.15, -0.1) is 11.8 Å². The second-order valence-electron chi connectivity index (χ2n) is 6.76. The smallest absolute Gasteiger partial charge is 0.237 e. The summed E-state index contributed by atoms with van der Waals surface area (Å²) in [4.78, 5) is 24.6. The zero-order valence-electron chi connectivity index (χ0n) is 16.7. The van der Waals surface area contributed by atoms with Gasteiger partial charge in [-0.3, -0.25) is 9.59 Å². The van der Waals surface area contributed by atoms with Gasteiger partial charge in [0.25, 0.3) is 0 Å². The van der Waals surface area contributed by atoms with E-state index >= 15 is 0 Å². The van der Waals surface area contributed by atoms with Crippen molar-refractivity contribution in [3.05, 3.63) is 53.6 Å². The van der Waals surface area contributed by atoms with E-state index in [1.54, 1.807) is 26.0 Å². The number of hydrogen-bond acceptors (Lipinski definition) is 5. The SMILES string of the molecule is COc1ccc(CNC(=O)CCSC2CCc3ccccc3NC2=O)cc1OC. The summed E-state index contributed by atoms with van der Waals surface area (Å²) in [5, 5.41) is 5.77. The molecule has 3 rings (SSSR count). The first-order valence-corrected chi connectivity index (χ1v) is 10.6. The lowest BCUT2D eigenvalue weighted by atomic mass is 10.1. The van der Waals surface area contributed by atoms with Crippen molar-refractivity contribution in [1.82, 2.24) is 5.32 Å². The summed E-state index contributed by atoms with van der Waals surface area (Å²) < 4.78 is 10.5. The van der Waals surface area contributed by atoms with Crippen molar-refractivity contribution >= 4 is 29.3 Å². The predicted molar refractivity (Wildman–Crippen MR) is 116 cm³/mol. The molecule has 0 bridgehead atoms. The van der Waals surface area contributed by atoms with Crippen molar-refractivity contribution in [2.45, 2.75) is 31.1 Å². The molecule has 2 aromatic rings. The first kappa shape index (κ1) is 21.0. The maximum Gasteiger partial charge on any atom is 0.237 e. The van der Waals surface area contributed by atoms with Crippen LogP contribution in [0.25, 0.3) is 0 Å². The number of methoxy groups -OCH3 is 2. The average Bonchev–Trinajstić information content (AvgIpc) is 2.90. The monoisotopic (exact) mass is 414 g/mol. The van der Waals surface area contributed by atoms with E-state index in [9.17, 15) is 9.59 Å². The fraction of sp³-hybridized carbons (Fsp3) is 0.364. The number of hydrogen-bond donors (Lipinski definition) is 2. The molecule has 2 amide bonds. The van der Waals surface area contributed by atoms with Gasteiger partial charge in [0, 0.05) is 24.4 Å². The van der Waals surface area contributed by atoms with Crippen molar-refractivity contribution in [2.24, 2.45) is 0 Å². The minimum atomic E-state index is -0.138. The molecule has 0 fully saturated rings. The molecule has 1 aliphatic rings. The highest BCUT2D eigenvalue weighted by molar-refractivity contribution is 8.00. The van der Waals surface area contributed by atoms with Gasteiger partial charge in [-0.25, -0.2) is 0 Å². The van der Waals surface area contributed by atoms with Crippen LogP contribution >= 0.6 is 11.8 Å². The molecule has 0 spiro atoms. The number of fused-ring (bicyclic) bond motifs is 1. The van der Waals surface area contributed by atoms with E-state index in [0.29, 0.717) is 30.2 Å². The van der Waals surface area contributed by atoms with E-state index in [2.05, 4.69) is 10.6 Å². The van der Waals surface area contributed by atoms with Crippen LogP contribution in [0.2, 0.25) is 0 Å². The zero-order valence-corrected chi connectivity index (χ0v) is 17.5. The van der Waals surface area contributed by atoms with Crippen LogP contribution in [0, 0.1) is 0 Å². The Morgan fingerprint density at radius 1 is 1.17 bits per heavy atom. The molecule has 154 valence electrons. The molecular formula is C22H26N2O4S. The van der Waals surface area contributed by atoms with Gasteiger partial charge in [0.2, 0.25) is 11.8 Å². The number of aryl methyl sites for hydroxylation is 1. The van der Waals surface area contributed by atoms with Crippen molar-refractivity contribution in [3.63, 3.8) is 0 Å². The Hall–Kier alpha value is -2.67. The van der Waals surface area contributed by atoms with Gasteiger partial charge in [0.1, 0.15) is 0 Å². The van der Waals surface area contributed by atoms with Crippen LogP contribution in [0.4, 0.5) is 5.69 Å². The summed E-state index contributed by atoms with van der Waals surface area (Å²) in [6.45, 7) is 0.420. The fourth-order valence-electron chi connectivity index (χ4n) is 3.22. The molecule has 0 aliphatic carbocycles. The van der Waals surface area contributed by atoms with Crippen molar-refractivity contribution in [3.8, 4) is 11.5 Å². The summed E-state index contributed by atoms with van der Waals surface area (Å²) in [6.07, 6.45) is 2.01. The first-order valence-electron chi connectivity index (χ1n) is 9.58. The van der Waals surface area contributed by atoms with Crippen LogP contribution in [0.15, 0.2) is 42.5 Å². The second-order valence-corrected chi connectivity index (χ2v) is 8.07. The van der Waals surface area contributed by atoms with E-state index in [1.807, 2.05) is 42.5 Å². The lowest BCUT2D eigenvalue weighted by Crippen LogP contribution is -2.26. The molecule has 0 saturated heterocycles. The Balaban J connectivity index is 1.43. The van der Waals surface area contributed by atoms with E-state index in [4.69, 9.17) is 9.47 Å². The topological polar surface area (TPSA) is 76.7 Å². The van der Waals surface area contributed by atoms with Gasteiger partial charge in [-0.1, -0.05) is 24.3 Å². The standard InChI is InChI=1S/C22H26N2O4S/c1-27-18-9-7-15(13-19(18)28-2)14-23-21(25)11-12-29-20-10-8-16-5-3-4-6-17(16)24-22(20)26/h3-7,9,13,20H,8,10-12,14H2,1-2H3,(H,23,25)(H,24,26). The van der Waals surface area contributed by atoms with Gasteiger partial charge in [-0.2, -0.15) is 0 Å². The molecule has 0 saturated carbocycles. The summed E-state index contributed by atoms with van der Waals surface area (Å²) >= 11 is 1.54. The molecular weight excluding hydrogens is 388 g/mol.